The fraction of sp³-hybridized carbons (Fsp3) is 0.600. The van der Waals surface area contributed by atoms with Crippen molar-refractivity contribution in [2.45, 2.75) is 52.6 Å². The highest BCUT2D eigenvalue weighted by atomic mass is 16.3. The summed E-state index contributed by atoms with van der Waals surface area (Å²) in [7, 11) is 0. The van der Waals surface area contributed by atoms with Crippen molar-refractivity contribution in [2.24, 2.45) is 5.92 Å². The van der Waals surface area contributed by atoms with Crippen LogP contribution in [0, 0.1) is 5.92 Å². The summed E-state index contributed by atoms with van der Waals surface area (Å²) in [5.74, 6) is 0.682. The predicted octanol–water partition coefficient (Wildman–Crippen LogP) is 3.89. The third-order valence-corrected chi connectivity index (χ3v) is 3.31. The van der Waals surface area contributed by atoms with Crippen LogP contribution in [0.25, 0.3) is 0 Å². The van der Waals surface area contributed by atoms with Gasteiger partial charge in [0.25, 0.3) is 0 Å². The molecule has 1 rings (SSSR count). The lowest BCUT2D eigenvalue weighted by molar-refractivity contribution is 0.0284. The highest BCUT2D eigenvalue weighted by Gasteiger charge is 2.24. The van der Waals surface area contributed by atoms with Gasteiger partial charge < -0.3 is 5.11 Å². The summed E-state index contributed by atoms with van der Waals surface area (Å²) in [6.45, 7) is 8.52. The molecule has 1 N–H and O–H groups in total. The minimum absolute atomic E-state index is 0.642. The van der Waals surface area contributed by atoms with Gasteiger partial charge in [0.2, 0.25) is 0 Å². The number of aliphatic hydroxyl groups is 1. The standard InChI is InChI=1S/C15H24O/c1-5-15(16,6-2)14-9-7-13(8-10-14)11-12(3)4/h7-10,12,16H,5-6,11H2,1-4H3. The summed E-state index contributed by atoms with van der Waals surface area (Å²) >= 11 is 0. The Labute approximate surface area is 99.5 Å². The first-order chi connectivity index (χ1) is 7.51. The van der Waals surface area contributed by atoms with Crippen LogP contribution in [0.4, 0.5) is 0 Å². The van der Waals surface area contributed by atoms with Crippen LogP contribution in [-0.4, -0.2) is 5.11 Å². The third-order valence-electron chi connectivity index (χ3n) is 3.31. The van der Waals surface area contributed by atoms with Crippen LogP contribution < -0.4 is 0 Å². The Morgan fingerprint density at radius 2 is 1.56 bits per heavy atom. The van der Waals surface area contributed by atoms with E-state index in [0.29, 0.717) is 5.92 Å². The first kappa shape index (κ1) is 13.2. The molecule has 0 aliphatic rings. The Morgan fingerprint density at radius 3 is 1.94 bits per heavy atom. The maximum Gasteiger partial charge on any atom is 0.0891 e. The van der Waals surface area contributed by atoms with Gasteiger partial charge in [-0.1, -0.05) is 52.0 Å². The van der Waals surface area contributed by atoms with E-state index >= 15 is 0 Å². The van der Waals surface area contributed by atoms with Crippen molar-refractivity contribution in [1.82, 2.24) is 0 Å². The Balaban J connectivity index is 2.85. The Kier molecular flexibility index (Phi) is 4.55. The molecular weight excluding hydrogens is 196 g/mol. The molecule has 1 nitrogen and oxygen atoms in total. The third kappa shape index (κ3) is 3.08. The van der Waals surface area contributed by atoms with Crippen LogP contribution in [0.5, 0.6) is 0 Å². The van der Waals surface area contributed by atoms with Crippen molar-refractivity contribution in [3.05, 3.63) is 35.4 Å². The molecule has 0 heterocycles. The topological polar surface area (TPSA) is 20.2 Å². The van der Waals surface area contributed by atoms with Gasteiger partial charge in [0.05, 0.1) is 5.60 Å². The molecule has 0 fully saturated rings. The predicted molar refractivity (Wildman–Crippen MR) is 69.5 cm³/mol. The maximum absolute atomic E-state index is 10.4. The molecule has 1 aromatic carbocycles. The summed E-state index contributed by atoms with van der Waals surface area (Å²) in [5.41, 5.74) is 1.76. The Hall–Kier alpha value is -0.820. The lowest BCUT2D eigenvalue weighted by atomic mass is 9.87. The van der Waals surface area contributed by atoms with E-state index in [9.17, 15) is 5.11 Å². The van der Waals surface area contributed by atoms with E-state index in [-0.39, 0.29) is 0 Å². The van der Waals surface area contributed by atoms with Crippen molar-refractivity contribution < 1.29 is 5.11 Å². The zero-order valence-electron chi connectivity index (χ0n) is 11.0. The summed E-state index contributed by atoms with van der Waals surface area (Å²) in [4.78, 5) is 0. The highest BCUT2D eigenvalue weighted by molar-refractivity contribution is 5.27. The van der Waals surface area contributed by atoms with Gasteiger partial charge in [0, 0.05) is 0 Å². The second-order valence-electron chi connectivity index (χ2n) is 5.03. The van der Waals surface area contributed by atoms with E-state index in [1.165, 1.54) is 5.56 Å². The van der Waals surface area contributed by atoms with Crippen LogP contribution in [0.1, 0.15) is 51.7 Å². The second-order valence-corrected chi connectivity index (χ2v) is 5.03. The fourth-order valence-electron chi connectivity index (χ4n) is 2.08. The zero-order chi connectivity index (χ0) is 12.2. The molecule has 90 valence electrons. The van der Waals surface area contributed by atoms with Crippen LogP contribution in [0.2, 0.25) is 0 Å². The van der Waals surface area contributed by atoms with Crippen molar-refractivity contribution in [2.75, 3.05) is 0 Å². The van der Waals surface area contributed by atoms with Gasteiger partial charge in [-0.05, 0) is 36.3 Å². The molecule has 0 radical (unpaired) electrons. The normalized spacial score (nSPS) is 12.1. The van der Waals surface area contributed by atoms with E-state index < -0.39 is 5.60 Å². The largest absolute Gasteiger partial charge is 0.385 e. The molecule has 0 spiro atoms. The van der Waals surface area contributed by atoms with E-state index in [0.717, 1.165) is 24.8 Å². The molecule has 0 aliphatic heterocycles. The quantitative estimate of drug-likeness (QED) is 0.798. The van der Waals surface area contributed by atoms with Crippen LogP contribution in [-0.2, 0) is 12.0 Å². The molecule has 0 atom stereocenters. The molecule has 16 heavy (non-hydrogen) atoms. The molecule has 0 aliphatic carbocycles. The summed E-state index contributed by atoms with van der Waals surface area (Å²) < 4.78 is 0. The first-order valence-electron chi connectivity index (χ1n) is 6.33. The monoisotopic (exact) mass is 220 g/mol. The Morgan fingerprint density at radius 1 is 1.06 bits per heavy atom. The molecule has 1 heteroatoms. The zero-order valence-corrected chi connectivity index (χ0v) is 11.0. The molecular formula is C15H24O. The number of rotatable bonds is 5. The molecule has 0 saturated heterocycles. The number of hydrogen-bond donors (Lipinski definition) is 1. The van der Waals surface area contributed by atoms with Crippen molar-refractivity contribution in [3.63, 3.8) is 0 Å². The number of benzene rings is 1. The number of hydrogen-bond acceptors (Lipinski definition) is 1. The molecule has 0 bridgehead atoms. The van der Waals surface area contributed by atoms with Crippen molar-refractivity contribution in [3.8, 4) is 0 Å². The van der Waals surface area contributed by atoms with E-state index in [1.54, 1.807) is 0 Å². The summed E-state index contributed by atoms with van der Waals surface area (Å²) in [6.07, 6.45) is 2.65. The lowest BCUT2D eigenvalue weighted by Crippen LogP contribution is -2.23. The van der Waals surface area contributed by atoms with Crippen molar-refractivity contribution >= 4 is 0 Å². The van der Waals surface area contributed by atoms with E-state index in [1.807, 2.05) is 13.8 Å². The minimum Gasteiger partial charge on any atom is -0.385 e. The van der Waals surface area contributed by atoms with Gasteiger partial charge in [-0.25, -0.2) is 0 Å². The average Bonchev–Trinajstić information content (AvgIpc) is 2.28. The van der Waals surface area contributed by atoms with Crippen LogP contribution >= 0.6 is 0 Å². The van der Waals surface area contributed by atoms with Crippen LogP contribution in [0.3, 0.4) is 0 Å². The minimum atomic E-state index is -0.642. The summed E-state index contributed by atoms with van der Waals surface area (Å²) in [5, 5.41) is 10.4. The molecule has 0 unspecified atom stereocenters. The van der Waals surface area contributed by atoms with Crippen LogP contribution in [0.15, 0.2) is 24.3 Å². The van der Waals surface area contributed by atoms with Gasteiger partial charge in [-0.3, -0.25) is 0 Å². The van der Waals surface area contributed by atoms with E-state index in [4.69, 9.17) is 0 Å². The Bertz CT molecular complexity index is 307. The fourth-order valence-corrected chi connectivity index (χ4v) is 2.08. The van der Waals surface area contributed by atoms with Crippen molar-refractivity contribution in [1.29, 1.82) is 0 Å². The second kappa shape index (κ2) is 5.49. The molecule has 1 aromatic rings. The molecule has 0 amide bonds. The molecule has 0 aromatic heterocycles. The molecule has 0 saturated carbocycles. The van der Waals surface area contributed by atoms with Gasteiger partial charge in [-0.2, -0.15) is 0 Å². The summed E-state index contributed by atoms with van der Waals surface area (Å²) in [6, 6.07) is 8.44. The maximum atomic E-state index is 10.4. The van der Waals surface area contributed by atoms with Gasteiger partial charge in [-0.15, -0.1) is 0 Å². The SMILES string of the molecule is CCC(O)(CC)c1ccc(CC(C)C)cc1. The lowest BCUT2D eigenvalue weighted by Gasteiger charge is -2.26. The van der Waals surface area contributed by atoms with E-state index in [2.05, 4.69) is 38.1 Å². The highest BCUT2D eigenvalue weighted by Crippen LogP contribution is 2.28. The van der Waals surface area contributed by atoms with Gasteiger partial charge >= 0.3 is 0 Å². The first-order valence-corrected chi connectivity index (χ1v) is 6.33. The average molecular weight is 220 g/mol. The van der Waals surface area contributed by atoms with Gasteiger partial charge in [0.15, 0.2) is 0 Å². The van der Waals surface area contributed by atoms with Gasteiger partial charge in [0.1, 0.15) is 0 Å². The smallest absolute Gasteiger partial charge is 0.0891 e.